The fourth-order valence-electron chi connectivity index (χ4n) is 3.90. The van der Waals surface area contributed by atoms with Crippen LogP contribution in [0.2, 0.25) is 0 Å². The number of rotatable bonds is 4. The first-order valence-corrected chi connectivity index (χ1v) is 9.57. The van der Waals surface area contributed by atoms with Gasteiger partial charge in [0.1, 0.15) is 0 Å². The van der Waals surface area contributed by atoms with Gasteiger partial charge in [-0.3, -0.25) is 9.59 Å². The summed E-state index contributed by atoms with van der Waals surface area (Å²) in [6, 6.07) is 10.0. The zero-order chi connectivity index (χ0) is 18.6. The third-order valence-corrected chi connectivity index (χ3v) is 5.33. The molecule has 0 saturated carbocycles. The molecule has 7 heteroatoms. The Morgan fingerprint density at radius 2 is 2.07 bits per heavy atom. The number of likely N-dealkylation sites (tertiary alicyclic amines) is 1. The van der Waals surface area contributed by atoms with Crippen LogP contribution in [0.1, 0.15) is 18.4 Å². The van der Waals surface area contributed by atoms with Crippen molar-refractivity contribution in [3.05, 3.63) is 48.3 Å². The van der Waals surface area contributed by atoms with E-state index < -0.39 is 0 Å². The molecule has 1 aromatic heterocycles. The van der Waals surface area contributed by atoms with E-state index in [1.165, 1.54) is 0 Å². The van der Waals surface area contributed by atoms with Crippen molar-refractivity contribution in [2.45, 2.75) is 25.3 Å². The van der Waals surface area contributed by atoms with Gasteiger partial charge in [0.25, 0.3) is 0 Å². The minimum absolute atomic E-state index is 0.106. The molecule has 2 fully saturated rings. The molecule has 1 aromatic carbocycles. The predicted octanol–water partition coefficient (Wildman–Crippen LogP) is 0.838. The standard InChI is InChI=1S/C20H25N5O2/c26-19(11-16-12-22-25(14-16)17-5-2-1-3-6-17)23-9-4-7-18(15-23)24-10-8-21-13-20(24)27/h1-3,5-6,12,14,18,21H,4,7-11,13,15H2. The zero-order valence-electron chi connectivity index (χ0n) is 15.4. The van der Waals surface area contributed by atoms with Gasteiger partial charge in [-0.15, -0.1) is 0 Å². The SMILES string of the molecule is O=C(Cc1cnn(-c2ccccc2)c1)N1CCCC(N2CCNCC2=O)C1. The molecule has 0 bridgehead atoms. The Balaban J connectivity index is 1.38. The van der Waals surface area contributed by atoms with Crippen molar-refractivity contribution in [1.29, 1.82) is 0 Å². The monoisotopic (exact) mass is 367 g/mol. The van der Waals surface area contributed by atoms with Crippen molar-refractivity contribution in [3.63, 3.8) is 0 Å². The number of nitrogens with zero attached hydrogens (tertiary/aromatic N) is 4. The van der Waals surface area contributed by atoms with Gasteiger partial charge in [0, 0.05) is 38.4 Å². The fourth-order valence-corrected chi connectivity index (χ4v) is 3.90. The summed E-state index contributed by atoms with van der Waals surface area (Å²) in [5, 5.41) is 7.47. The van der Waals surface area contributed by atoms with Gasteiger partial charge in [-0.1, -0.05) is 18.2 Å². The quantitative estimate of drug-likeness (QED) is 0.869. The summed E-state index contributed by atoms with van der Waals surface area (Å²) in [5.41, 5.74) is 1.88. The molecule has 0 radical (unpaired) electrons. The third-order valence-electron chi connectivity index (χ3n) is 5.33. The van der Waals surface area contributed by atoms with Crippen LogP contribution >= 0.6 is 0 Å². The Labute approximate surface area is 158 Å². The molecule has 2 aliphatic heterocycles. The summed E-state index contributed by atoms with van der Waals surface area (Å²) in [7, 11) is 0. The van der Waals surface area contributed by atoms with Gasteiger partial charge in [-0.05, 0) is 30.5 Å². The number of carbonyl (C=O) groups is 2. The smallest absolute Gasteiger partial charge is 0.236 e. The van der Waals surface area contributed by atoms with E-state index in [-0.39, 0.29) is 17.9 Å². The van der Waals surface area contributed by atoms with Crippen molar-refractivity contribution >= 4 is 11.8 Å². The Hall–Kier alpha value is -2.67. The highest BCUT2D eigenvalue weighted by Gasteiger charge is 2.31. The second kappa shape index (κ2) is 7.92. The van der Waals surface area contributed by atoms with Crippen molar-refractivity contribution < 1.29 is 9.59 Å². The molecule has 1 atom stereocenters. The molecule has 1 N–H and O–H groups in total. The van der Waals surface area contributed by atoms with Gasteiger partial charge in [0.15, 0.2) is 0 Å². The topological polar surface area (TPSA) is 70.5 Å². The molecular formula is C20H25N5O2. The van der Waals surface area contributed by atoms with Gasteiger partial charge in [0.05, 0.1) is 24.8 Å². The third kappa shape index (κ3) is 4.03. The van der Waals surface area contributed by atoms with E-state index in [9.17, 15) is 9.59 Å². The van der Waals surface area contributed by atoms with Crippen LogP contribution in [-0.2, 0) is 16.0 Å². The molecule has 0 aliphatic carbocycles. The normalized spacial score (nSPS) is 20.7. The minimum Gasteiger partial charge on any atom is -0.340 e. The molecule has 2 aliphatic rings. The summed E-state index contributed by atoms with van der Waals surface area (Å²) in [5.74, 6) is 0.250. The van der Waals surface area contributed by atoms with Crippen LogP contribution in [0.15, 0.2) is 42.7 Å². The minimum atomic E-state index is 0.106. The molecule has 4 rings (SSSR count). The first-order chi connectivity index (χ1) is 13.2. The van der Waals surface area contributed by atoms with Crippen molar-refractivity contribution in [3.8, 4) is 5.69 Å². The summed E-state index contributed by atoms with van der Waals surface area (Å²) >= 11 is 0. The number of hydrogen-bond acceptors (Lipinski definition) is 4. The van der Waals surface area contributed by atoms with Gasteiger partial charge in [-0.25, -0.2) is 4.68 Å². The Morgan fingerprint density at radius 3 is 2.89 bits per heavy atom. The van der Waals surface area contributed by atoms with Gasteiger partial charge >= 0.3 is 0 Å². The number of amides is 2. The van der Waals surface area contributed by atoms with Crippen LogP contribution in [0.3, 0.4) is 0 Å². The zero-order valence-corrected chi connectivity index (χ0v) is 15.4. The van der Waals surface area contributed by atoms with E-state index in [2.05, 4.69) is 10.4 Å². The lowest BCUT2D eigenvalue weighted by Gasteiger charge is -2.41. The van der Waals surface area contributed by atoms with E-state index in [0.29, 0.717) is 19.5 Å². The Kier molecular flexibility index (Phi) is 5.20. The molecule has 3 heterocycles. The number of piperidine rings is 1. The number of para-hydroxylation sites is 1. The molecule has 1 unspecified atom stereocenters. The Morgan fingerprint density at radius 1 is 1.22 bits per heavy atom. The van der Waals surface area contributed by atoms with Crippen molar-refractivity contribution in [2.75, 3.05) is 32.7 Å². The van der Waals surface area contributed by atoms with Crippen LogP contribution in [0.25, 0.3) is 5.69 Å². The largest absolute Gasteiger partial charge is 0.340 e. The second-order valence-corrected chi connectivity index (χ2v) is 7.21. The van der Waals surface area contributed by atoms with E-state index in [4.69, 9.17) is 0 Å². The summed E-state index contributed by atoms with van der Waals surface area (Å²) in [6.07, 6.45) is 5.92. The molecular weight excluding hydrogens is 342 g/mol. The maximum Gasteiger partial charge on any atom is 0.236 e. The van der Waals surface area contributed by atoms with E-state index >= 15 is 0 Å². The van der Waals surface area contributed by atoms with Crippen LogP contribution in [-0.4, -0.2) is 70.2 Å². The number of carbonyl (C=O) groups excluding carboxylic acids is 2. The van der Waals surface area contributed by atoms with Crippen molar-refractivity contribution in [2.24, 2.45) is 0 Å². The van der Waals surface area contributed by atoms with Crippen LogP contribution in [0.4, 0.5) is 0 Å². The molecule has 27 heavy (non-hydrogen) atoms. The van der Waals surface area contributed by atoms with E-state index in [1.54, 1.807) is 10.9 Å². The maximum absolute atomic E-state index is 12.8. The van der Waals surface area contributed by atoms with Crippen LogP contribution in [0.5, 0.6) is 0 Å². The highest BCUT2D eigenvalue weighted by molar-refractivity contribution is 5.80. The number of aromatic nitrogens is 2. The van der Waals surface area contributed by atoms with Gasteiger partial charge in [0.2, 0.25) is 11.8 Å². The lowest BCUT2D eigenvalue weighted by atomic mass is 10.0. The highest BCUT2D eigenvalue weighted by Crippen LogP contribution is 2.18. The first kappa shape index (κ1) is 17.7. The fraction of sp³-hybridized carbons (Fsp3) is 0.450. The number of piperazine rings is 1. The second-order valence-electron chi connectivity index (χ2n) is 7.21. The molecule has 2 amide bonds. The van der Waals surface area contributed by atoms with Crippen LogP contribution < -0.4 is 5.32 Å². The molecule has 2 saturated heterocycles. The lowest BCUT2D eigenvalue weighted by molar-refractivity contribution is -0.140. The summed E-state index contributed by atoms with van der Waals surface area (Å²) in [4.78, 5) is 28.8. The predicted molar refractivity (Wildman–Crippen MR) is 101 cm³/mol. The molecule has 2 aromatic rings. The van der Waals surface area contributed by atoms with Gasteiger partial charge < -0.3 is 15.1 Å². The highest BCUT2D eigenvalue weighted by atomic mass is 16.2. The van der Waals surface area contributed by atoms with E-state index in [0.717, 1.165) is 43.7 Å². The first-order valence-electron chi connectivity index (χ1n) is 9.57. The maximum atomic E-state index is 12.8. The molecule has 0 spiro atoms. The lowest BCUT2D eigenvalue weighted by Crippen LogP contribution is -2.57. The molecule has 7 nitrogen and oxygen atoms in total. The van der Waals surface area contributed by atoms with Crippen molar-refractivity contribution in [1.82, 2.24) is 24.9 Å². The van der Waals surface area contributed by atoms with E-state index in [1.807, 2.05) is 46.3 Å². The average Bonchev–Trinajstić information content (AvgIpc) is 3.17. The summed E-state index contributed by atoms with van der Waals surface area (Å²) < 4.78 is 1.79. The Bertz CT molecular complexity index is 804. The van der Waals surface area contributed by atoms with Gasteiger partial charge in [-0.2, -0.15) is 5.10 Å². The molecule has 142 valence electrons. The number of benzene rings is 1. The number of hydrogen-bond donors (Lipinski definition) is 1. The average molecular weight is 367 g/mol. The number of nitrogens with one attached hydrogen (secondary N) is 1. The van der Waals surface area contributed by atoms with Crippen LogP contribution in [0, 0.1) is 0 Å². The summed E-state index contributed by atoms with van der Waals surface area (Å²) in [6.45, 7) is 3.37.